The largest absolute Gasteiger partial charge is 0.382 e. The maximum absolute atomic E-state index is 13.6. The van der Waals surface area contributed by atoms with Gasteiger partial charge in [-0.25, -0.2) is 0 Å². The van der Waals surface area contributed by atoms with Crippen LogP contribution in [0.1, 0.15) is 101 Å². The Morgan fingerprint density at radius 3 is 2.47 bits per heavy atom. The number of piperidine rings is 3. The van der Waals surface area contributed by atoms with Crippen LogP contribution in [-0.2, 0) is 23.9 Å². The number of aromatic nitrogens is 3. The number of benzene rings is 1. The van der Waals surface area contributed by atoms with Gasteiger partial charge in [0.2, 0.25) is 17.7 Å². The van der Waals surface area contributed by atoms with Gasteiger partial charge in [0, 0.05) is 95.5 Å². The molecule has 4 fully saturated rings. The molecule has 8 rings (SSSR count). The number of nitrogens with one attached hydrogen (secondary N) is 4. The lowest BCUT2D eigenvalue weighted by atomic mass is 9.91. The van der Waals surface area contributed by atoms with Crippen LogP contribution < -0.4 is 26.2 Å². The highest BCUT2D eigenvalue weighted by atomic mass is 16.5. The molecule has 360 valence electrons. The summed E-state index contributed by atoms with van der Waals surface area (Å²) in [5, 5.41) is 20.5. The first-order valence-electron chi connectivity index (χ1n) is 24.0. The fourth-order valence-corrected chi connectivity index (χ4v) is 9.87. The zero-order chi connectivity index (χ0) is 47.6. The molecule has 5 aliphatic rings. The van der Waals surface area contributed by atoms with Crippen LogP contribution in [-0.4, -0.2) is 161 Å². The van der Waals surface area contributed by atoms with Gasteiger partial charge in [-0.3, -0.25) is 53.7 Å². The summed E-state index contributed by atoms with van der Waals surface area (Å²) in [7, 11) is 0. The van der Waals surface area contributed by atoms with Crippen LogP contribution in [0.25, 0.3) is 6.08 Å². The third kappa shape index (κ3) is 11.6. The maximum Gasteiger partial charge on any atom is 0.274 e. The summed E-state index contributed by atoms with van der Waals surface area (Å²) in [6, 6.07) is 11.1. The number of likely N-dealkylation sites (tertiary alicyclic amines) is 1. The Hall–Kier alpha value is -6.44. The molecule has 0 radical (unpaired) electrons. The van der Waals surface area contributed by atoms with Gasteiger partial charge in [-0.1, -0.05) is 25.0 Å². The van der Waals surface area contributed by atoms with Gasteiger partial charge in [0.25, 0.3) is 17.7 Å². The molecule has 6 amide bonds. The summed E-state index contributed by atoms with van der Waals surface area (Å²) in [4.78, 5) is 101. The van der Waals surface area contributed by atoms with Gasteiger partial charge in [0.1, 0.15) is 12.1 Å². The average Bonchev–Trinajstić information content (AvgIpc) is 3.63. The number of anilines is 2. The van der Waals surface area contributed by atoms with Crippen LogP contribution in [0.15, 0.2) is 60.9 Å². The quantitative estimate of drug-likeness (QED) is 0.0817. The van der Waals surface area contributed by atoms with E-state index in [1.165, 1.54) is 6.08 Å². The molecule has 19 nitrogen and oxygen atoms in total. The highest BCUT2D eigenvalue weighted by molar-refractivity contribution is 6.25. The van der Waals surface area contributed by atoms with Crippen LogP contribution >= 0.6 is 0 Å². The van der Waals surface area contributed by atoms with Crippen molar-refractivity contribution >= 4 is 58.8 Å². The van der Waals surface area contributed by atoms with Gasteiger partial charge in [0.05, 0.1) is 23.8 Å². The SMILES string of the molecule is CC(OCCNc1cccc2c1C(=O)N(C1CCC(=O)NC1=O)C2=O)C(=O)C1CN(C2CCN(c3ccc(C(=O)N4CCC(CCCCNC(=O)/C=C/c5cccnc5)CC4)nn3)CC2)CCN1. The first kappa shape index (κ1) is 48.0. The number of hydrogen-bond acceptors (Lipinski definition) is 15. The predicted molar refractivity (Wildman–Crippen MR) is 251 cm³/mol. The number of ketones is 1. The second-order valence-corrected chi connectivity index (χ2v) is 18.2. The Labute approximate surface area is 395 Å². The third-order valence-electron chi connectivity index (χ3n) is 13.7. The highest BCUT2D eigenvalue weighted by Crippen LogP contribution is 2.32. The van der Waals surface area contributed by atoms with E-state index >= 15 is 0 Å². The number of fused-ring (bicyclic) bond motifs is 1. The summed E-state index contributed by atoms with van der Waals surface area (Å²) in [5.74, 6) is -1.20. The van der Waals surface area contributed by atoms with Crippen LogP contribution in [0.4, 0.5) is 11.5 Å². The molecular formula is C49H61N11O8. The summed E-state index contributed by atoms with van der Waals surface area (Å²) in [5.41, 5.74) is 2.01. The lowest BCUT2D eigenvalue weighted by molar-refractivity contribution is -0.136. The van der Waals surface area contributed by atoms with E-state index < -0.39 is 35.8 Å². The monoisotopic (exact) mass is 931 g/mol. The fourth-order valence-electron chi connectivity index (χ4n) is 9.87. The number of ether oxygens (including phenoxy) is 1. The first-order valence-corrected chi connectivity index (χ1v) is 24.0. The molecule has 3 unspecified atom stereocenters. The van der Waals surface area contributed by atoms with E-state index in [9.17, 15) is 33.6 Å². The summed E-state index contributed by atoms with van der Waals surface area (Å²) in [6.07, 6.45) is 12.8. The summed E-state index contributed by atoms with van der Waals surface area (Å²) in [6.45, 7) is 7.84. The van der Waals surface area contributed by atoms with Crippen LogP contribution in [0.2, 0.25) is 0 Å². The third-order valence-corrected chi connectivity index (χ3v) is 13.7. The van der Waals surface area contributed by atoms with Crippen molar-refractivity contribution in [2.45, 2.75) is 88.9 Å². The number of carbonyl (C=O) groups excluding carboxylic acids is 7. The van der Waals surface area contributed by atoms with Gasteiger partial charge < -0.3 is 30.5 Å². The van der Waals surface area contributed by atoms with Gasteiger partial charge in [-0.15, -0.1) is 10.2 Å². The van der Waals surface area contributed by atoms with Crippen LogP contribution in [0, 0.1) is 5.92 Å². The normalized spacial score (nSPS) is 21.2. The van der Waals surface area contributed by atoms with Crippen molar-refractivity contribution in [3.63, 3.8) is 0 Å². The molecule has 0 aliphatic carbocycles. The molecule has 1 aromatic carbocycles. The number of Topliss-reactive ketones (excluding diaryl/α,β-unsaturated/α-hetero) is 1. The number of pyridine rings is 1. The molecule has 0 saturated carbocycles. The van der Waals surface area contributed by atoms with E-state index in [0.717, 1.165) is 80.9 Å². The minimum atomic E-state index is -1.05. The molecule has 5 aliphatic heterocycles. The van der Waals surface area contributed by atoms with Crippen molar-refractivity contribution in [3.05, 3.63) is 83.3 Å². The van der Waals surface area contributed by atoms with E-state index in [0.29, 0.717) is 56.1 Å². The van der Waals surface area contributed by atoms with Crippen LogP contribution in [0.3, 0.4) is 0 Å². The highest BCUT2D eigenvalue weighted by Gasteiger charge is 2.45. The number of unbranched alkanes of at least 4 members (excludes halogenated alkanes) is 1. The minimum Gasteiger partial charge on any atom is -0.382 e. The number of nitrogens with zero attached hydrogens (tertiary/aromatic N) is 7. The molecule has 68 heavy (non-hydrogen) atoms. The van der Waals surface area contributed by atoms with Gasteiger partial charge >= 0.3 is 0 Å². The molecule has 7 heterocycles. The van der Waals surface area contributed by atoms with Crippen molar-refractivity contribution in [2.75, 3.05) is 75.7 Å². The minimum absolute atomic E-state index is 0.0383. The lowest BCUT2D eigenvalue weighted by Crippen LogP contribution is -2.59. The number of rotatable bonds is 18. The molecule has 0 bridgehead atoms. The van der Waals surface area contributed by atoms with Gasteiger partial charge in [-0.2, -0.15) is 0 Å². The molecule has 2 aromatic heterocycles. The van der Waals surface area contributed by atoms with E-state index in [1.54, 1.807) is 49.7 Å². The molecule has 3 atom stereocenters. The number of carbonyl (C=O) groups is 7. The number of amides is 6. The Bertz CT molecular complexity index is 2350. The first-order chi connectivity index (χ1) is 33.0. The Morgan fingerprint density at radius 2 is 1.72 bits per heavy atom. The van der Waals surface area contributed by atoms with Crippen molar-refractivity contribution < 1.29 is 38.3 Å². The van der Waals surface area contributed by atoms with Crippen molar-refractivity contribution in [1.29, 1.82) is 0 Å². The van der Waals surface area contributed by atoms with E-state index in [1.807, 2.05) is 23.1 Å². The number of piperazine rings is 1. The standard InChI is InChI=1S/C49H61N11O8/c1-32(68-29-23-52-37-9-4-8-36-44(37)49(67)60(47(36)65)40-12-15-43(62)54-46(40)64)45(63)39-31-59(28-22-51-39)35-18-26-57(27-19-35)41-13-11-38(55-56-41)48(66)58-24-16-33(17-25-58)6-2-3-21-53-42(61)14-10-34-7-5-20-50-30-34/h4-5,7-11,13-14,20,30,32-33,35,39-40,51-52H,2-3,6,12,15-19,21-29,31H2,1H3,(H,53,61)(H,54,62,64)/b14-10+. The lowest BCUT2D eigenvalue weighted by Gasteiger charge is -2.42. The topological polar surface area (TPSA) is 228 Å². The summed E-state index contributed by atoms with van der Waals surface area (Å²) >= 11 is 0. The number of hydrogen-bond donors (Lipinski definition) is 4. The average molecular weight is 932 g/mol. The smallest absolute Gasteiger partial charge is 0.274 e. The predicted octanol–water partition coefficient (Wildman–Crippen LogP) is 2.45. The maximum atomic E-state index is 13.6. The molecular weight excluding hydrogens is 871 g/mol. The number of imide groups is 2. The zero-order valence-electron chi connectivity index (χ0n) is 38.6. The van der Waals surface area contributed by atoms with Gasteiger partial charge in [0.15, 0.2) is 17.3 Å². The van der Waals surface area contributed by atoms with E-state index in [4.69, 9.17) is 4.74 Å². The van der Waals surface area contributed by atoms with E-state index in [2.05, 4.69) is 46.2 Å². The van der Waals surface area contributed by atoms with Gasteiger partial charge in [-0.05, 0) is 93.3 Å². The molecule has 4 N–H and O–H groups in total. The fraction of sp³-hybridized carbons (Fsp3) is 0.510. The van der Waals surface area contributed by atoms with Crippen LogP contribution in [0.5, 0.6) is 0 Å². The Morgan fingerprint density at radius 1 is 0.897 bits per heavy atom. The summed E-state index contributed by atoms with van der Waals surface area (Å²) < 4.78 is 5.96. The Kier molecular flexibility index (Phi) is 15.9. The van der Waals surface area contributed by atoms with Crippen molar-refractivity contribution in [3.8, 4) is 0 Å². The molecule has 19 heteroatoms. The second kappa shape index (κ2) is 22.6. The van der Waals surface area contributed by atoms with E-state index in [-0.39, 0.29) is 60.8 Å². The van der Waals surface area contributed by atoms with Crippen molar-refractivity contribution in [1.82, 2.24) is 45.8 Å². The zero-order valence-corrected chi connectivity index (χ0v) is 38.6. The molecule has 4 saturated heterocycles. The Balaban J connectivity index is 0.711. The second-order valence-electron chi connectivity index (χ2n) is 18.2. The van der Waals surface area contributed by atoms with Crippen molar-refractivity contribution in [2.24, 2.45) is 5.92 Å². The molecule has 0 spiro atoms. The molecule has 3 aromatic rings.